The fourth-order valence-corrected chi connectivity index (χ4v) is 4.52. The van der Waals surface area contributed by atoms with Crippen LogP contribution >= 0.6 is 0 Å². The summed E-state index contributed by atoms with van der Waals surface area (Å²) in [5, 5.41) is 7.16. The van der Waals surface area contributed by atoms with Crippen molar-refractivity contribution in [3.8, 4) is 5.75 Å². The monoisotopic (exact) mass is 435 g/mol. The second kappa shape index (κ2) is 9.15. The molecule has 9 nitrogen and oxygen atoms in total. The highest BCUT2D eigenvalue weighted by molar-refractivity contribution is 7.86. The van der Waals surface area contributed by atoms with Crippen LogP contribution < -0.4 is 10.1 Å². The third kappa shape index (κ3) is 5.18. The Morgan fingerprint density at radius 3 is 2.40 bits per heavy atom. The summed E-state index contributed by atoms with van der Waals surface area (Å²) in [7, 11) is 1.54. The number of aryl methyl sites for hydroxylation is 2. The van der Waals surface area contributed by atoms with E-state index in [2.05, 4.69) is 10.4 Å². The maximum atomic E-state index is 12.4. The highest BCUT2D eigenvalue weighted by Crippen LogP contribution is 2.21. The van der Waals surface area contributed by atoms with Crippen LogP contribution in [0.25, 0.3) is 0 Å². The zero-order valence-corrected chi connectivity index (χ0v) is 18.6. The van der Waals surface area contributed by atoms with Crippen molar-refractivity contribution in [2.24, 2.45) is 7.05 Å². The minimum absolute atomic E-state index is 0.0492. The Morgan fingerprint density at radius 1 is 1.23 bits per heavy atom. The van der Waals surface area contributed by atoms with Crippen molar-refractivity contribution in [3.63, 3.8) is 0 Å². The van der Waals surface area contributed by atoms with E-state index >= 15 is 0 Å². The van der Waals surface area contributed by atoms with Gasteiger partial charge in [-0.2, -0.15) is 22.1 Å². The third-order valence-electron chi connectivity index (χ3n) is 5.16. The molecule has 1 aromatic carbocycles. The van der Waals surface area contributed by atoms with Crippen molar-refractivity contribution in [1.82, 2.24) is 23.7 Å². The number of carbonyl (C=O) groups excluding carboxylic acids is 1. The SMILES string of the molecule is Cc1nn(C)cc1CNC(=O)c1ccc(OC2CCN(S(=O)(=O)N(C)C)CC2)cc1. The minimum atomic E-state index is -3.38. The summed E-state index contributed by atoms with van der Waals surface area (Å²) < 4.78 is 34.8. The van der Waals surface area contributed by atoms with E-state index in [-0.39, 0.29) is 12.0 Å². The van der Waals surface area contributed by atoms with Gasteiger partial charge in [0.1, 0.15) is 11.9 Å². The first-order chi connectivity index (χ1) is 14.2. The van der Waals surface area contributed by atoms with Crippen LogP contribution in [0.1, 0.15) is 34.5 Å². The van der Waals surface area contributed by atoms with Crippen LogP contribution in [0.15, 0.2) is 30.5 Å². The molecule has 1 aromatic heterocycles. The van der Waals surface area contributed by atoms with E-state index in [0.717, 1.165) is 11.3 Å². The first-order valence-electron chi connectivity index (χ1n) is 9.88. The Morgan fingerprint density at radius 2 is 1.87 bits per heavy atom. The van der Waals surface area contributed by atoms with Crippen molar-refractivity contribution in [1.29, 1.82) is 0 Å². The van der Waals surface area contributed by atoms with Crippen LogP contribution in [0.5, 0.6) is 5.75 Å². The van der Waals surface area contributed by atoms with Gasteiger partial charge in [0.15, 0.2) is 0 Å². The topological polar surface area (TPSA) is 96.8 Å². The molecule has 2 heterocycles. The summed E-state index contributed by atoms with van der Waals surface area (Å²) in [6.45, 7) is 3.19. The van der Waals surface area contributed by atoms with Crippen LogP contribution in [-0.2, 0) is 23.8 Å². The standard InChI is InChI=1S/C20H29N5O4S/c1-15-17(14-24(4)22-15)13-21-20(26)16-5-7-18(8-6-16)29-19-9-11-25(12-10-19)30(27,28)23(2)3/h5-8,14,19H,9-13H2,1-4H3,(H,21,26). The average Bonchev–Trinajstić information content (AvgIpc) is 3.04. The van der Waals surface area contributed by atoms with Crippen LogP contribution in [0, 0.1) is 6.92 Å². The molecule has 0 atom stereocenters. The van der Waals surface area contributed by atoms with Gasteiger partial charge in [-0.05, 0) is 44.0 Å². The molecular formula is C20H29N5O4S. The van der Waals surface area contributed by atoms with Gasteiger partial charge in [-0.15, -0.1) is 0 Å². The molecule has 1 amide bonds. The average molecular weight is 436 g/mol. The number of nitrogens with one attached hydrogen (secondary N) is 1. The molecule has 0 saturated carbocycles. The molecule has 3 rings (SSSR count). The number of piperidine rings is 1. The van der Waals surface area contributed by atoms with Crippen molar-refractivity contribution in [2.75, 3.05) is 27.2 Å². The van der Waals surface area contributed by atoms with E-state index in [0.29, 0.717) is 43.8 Å². The lowest BCUT2D eigenvalue weighted by Gasteiger charge is -2.32. The number of amides is 1. The zero-order valence-electron chi connectivity index (χ0n) is 17.8. The van der Waals surface area contributed by atoms with Gasteiger partial charge in [-0.3, -0.25) is 9.48 Å². The van der Waals surface area contributed by atoms with E-state index in [1.165, 1.54) is 22.7 Å². The Labute approximate surface area is 177 Å². The Hall–Kier alpha value is -2.43. The summed E-state index contributed by atoms with van der Waals surface area (Å²) in [5.41, 5.74) is 2.43. The van der Waals surface area contributed by atoms with E-state index in [1.54, 1.807) is 28.9 Å². The molecule has 1 saturated heterocycles. The van der Waals surface area contributed by atoms with E-state index in [1.807, 2.05) is 20.2 Å². The Bertz CT molecular complexity index is 977. The highest BCUT2D eigenvalue weighted by atomic mass is 32.2. The van der Waals surface area contributed by atoms with Gasteiger partial charge in [0.2, 0.25) is 0 Å². The summed E-state index contributed by atoms with van der Waals surface area (Å²) in [6.07, 6.45) is 3.09. The molecule has 10 heteroatoms. The number of carbonyl (C=O) groups is 1. The Kier molecular flexibility index (Phi) is 6.79. The number of nitrogens with zero attached hydrogens (tertiary/aromatic N) is 4. The smallest absolute Gasteiger partial charge is 0.281 e. The largest absolute Gasteiger partial charge is 0.490 e. The van der Waals surface area contributed by atoms with Crippen LogP contribution in [0.2, 0.25) is 0 Å². The van der Waals surface area contributed by atoms with Gasteiger partial charge in [-0.25, -0.2) is 0 Å². The normalized spacial score (nSPS) is 16.0. The summed E-state index contributed by atoms with van der Waals surface area (Å²) in [6, 6.07) is 7.00. The quantitative estimate of drug-likeness (QED) is 0.707. The van der Waals surface area contributed by atoms with Gasteiger partial charge < -0.3 is 10.1 Å². The van der Waals surface area contributed by atoms with Gasteiger partial charge in [0, 0.05) is 58.1 Å². The fraction of sp³-hybridized carbons (Fsp3) is 0.500. The predicted molar refractivity (Wildman–Crippen MR) is 113 cm³/mol. The molecule has 164 valence electrons. The van der Waals surface area contributed by atoms with Gasteiger partial charge in [0.25, 0.3) is 16.1 Å². The number of benzene rings is 1. The van der Waals surface area contributed by atoms with Crippen LogP contribution in [-0.4, -0.2) is 66.0 Å². The number of hydrogen-bond donors (Lipinski definition) is 1. The lowest BCUT2D eigenvalue weighted by Crippen LogP contribution is -2.46. The van der Waals surface area contributed by atoms with E-state index < -0.39 is 10.2 Å². The van der Waals surface area contributed by atoms with Gasteiger partial charge in [0.05, 0.1) is 5.69 Å². The maximum absolute atomic E-state index is 12.4. The molecule has 1 fully saturated rings. The maximum Gasteiger partial charge on any atom is 0.281 e. The minimum Gasteiger partial charge on any atom is -0.490 e. The first-order valence-corrected chi connectivity index (χ1v) is 11.3. The second-order valence-electron chi connectivity index (χ2n) is 7.63. The number of hydrogen-bond acceptors (Lipinski definition) is 5. The second-order valence-corrected chi connectivity index (χ2v) is 9.77. The molecular weight excluding hydrogens is 406 g/mol. The predicted octanol–water partition coefficient (Wildman–Crippen LogP) is 1.31. The molecule has 1 aliphatic heterocycles. The zero-order chi connectivity index (χ0) is 21.9. The lowest BCUT2D eigenvalue weighted by molar-refractivity contribution is 0.0950. The van der Waals surface area contributed by atoms with Crippen LogP contribution in [0.4, 0.5) is 0 Å². The molecule has 0 unspecified atom stereocenters. The van der Waals surface area contributed by atoms with E-state index in [4.69, 9.17) is 4.74 Å². The highest BCUT2D eigenvalue weighted by Gasteiger charge is 2.30. The molecule has 2 aromatic rings. The van der Waals surface area contributed by atoms with Crippen LogP contribution in [0.3, 0.4) is 0 Å². The van der Waals surface area contributed by atoms with Gasteiger partial charge in [-0.1, -0.05) is 0 Å². The summed E-state index contributed by atoms with van der Waals surface area (Å²) in [4.78, 5) is 12.4. The molecule has 30 heavy (non-hydrogen) atoms. The number of aromatic nitrogens is 2. The fourth-order valence-electron chi connectivity index (χ4n) is 3.39. The third-order valence-corrected chi connectivity index (χ3v) is 7.10. The molecule has 0 spiro atoms. The van der Waals surface area contributed by atoms with Crippen molar-refractivity contribution < 1.29 is 17.9 Å². The van der Waals surface area contributed by atoms with Crippen molar-refractivity contribution in [2.45, 2.75) is 32.4 Å². The summed E-state index contributed by atoms with van der Waals surface area (Å²) in [5.74, 6) is 0.510. The molecule has 1 N–H and O–H groups in total. The molecule has 0 bridgehead atoms. The van der Waals surface area contributed by atoms with Crippen molar-refractivity contribution >= 4 is 16.1 Å². The number of rotatable bonds is 7. The lowest BCUT2D eigenvalue weighted by atomic mass is 10.1. The first kappa shape index (κ1) is 22.3. The van der Waals surface area contributed by atoms with E-state index in [9.17, 15) is 13.2 Å². The molecule has 0 aliphatic carbocycles. The number of ether oxygens (including phenoxy) is 1. The van der Waals surface area contributed by atoms with Gasteiger partial charge >= 0.3 is 0 Å². The summed E-state index contributed by atoms with van der Waals surface area (Å²) >= 11 is 0. The molecule has 1 aliphatic rings. The van der Waals surface area contributed by atoms with Crippen molar-refractivity contribution in [3.05, 3.63) is 47.3 Å². The Balaban J connectivity index is 1.50. The molecule has 0 radical (unpaired) electrons.